The van der Waals surface area contributed by atoms with Crippen molar-refractivity contribution in [1.29, 1.82) is 0 Å². The number of phenols is 1. The molecule has 0 aliphatic rings. The van der Waals surface area contributed by atoms with Crippen molar-refractivity contribution in [2.45, 2.75) is 26.3 Å². The minimum atomic E-state index is 0.161. The van der Waals surface area contributed by atoms with Crippen LogP contribution in [0.1, 0.15) is 31.9 Å². The fourth-order valence-corrected chi connectivity index (χ4v) is 1.95. The van der Waals surface area contributed by atoms with Crippen LogP contribution in [-0.4, -0.2) is 11.7 Å². The summed E-state index contributed by atoms with van der Waals surface area (Å²) in [6.45, 7) is 8.71. The highest BCUT2D eigenvalue weighted by Crippen LogP contribution is 2.29. The summed E-state index contributed by atoms with van der Waals surface area (Å²) in [6.07, 6.45) is 0.928. The van der Waals surface area contributed by atoms with E-state index in [1.807, 2.05) is 19.1 Å². The molecular formula is C13H18BrNO. The maximum atomic E-state index is 9.82. The Bertz CT molecular complexity index is 376. The Hall–Kier alpha value is -0.800. The highest BCUT2D eigenvalue weighted by atomic mass is 79.9. The third-order valence-corrected chi connectivity index (χ3v) is 2.92. The van der Waals surface area contributed by atoms with Gasteiger partial charge in [0.2, 0.25) is 0 Å². The number of hydrogen-bond donors (Lipinski definition) is 2. The molecule has 1 atom stereocenters. The van der Waals surface area contributed by atoms with Crippen LogP contribution in [0.25, 0.3) is 0 Å². The summed E-state index contributed by atoms with van der Waals surface area (Å²) in [6, 6.07) is 5.67. The maximum Gasteiger partial charge on any atom is 0.120 e. The van der Waals surface area contributed by atoms with E-state index in [2.05, 4.69) is 34.7 Å². The minimum absolute atomic E-state index is 0.161. The van der Waals surface area contributed by atoms with Crippen molar-refractivity contribution in [3.05, 3.63) is 40.4 Å². The van der Waals surface area contributed by atoms with Crippen molar-refractivity contribution >= 4 is 15.9 Å². The van der Waals surface area contributed by atoms with Gasteiger partial charge in [-0.25, -0.2) is 0 Å². The number of phenolic OH excluding ortho intramolecular Hbond substituents is 1. The molecule has 1 aromatic rings. The highest BCUT2D eigenvalue weighted by Gasteiger charge is 2.13. The third-order valence-electron chi connectivity index (χ3n) is 2.42. The Balaban J connectivity index is 2.85. The second-order valence-corrected chi connectivity index (χ2v) is 4.92. The Morgan fingerprint density at radius 2 is 2.25 bits per heavy atom. The molecule has 1 rings (SSSR count). The van der Waals surface area contributed by atoms with Crippen LogP contribution in [0.3, 0.4) is 0 Å². The molecule has 0 radical (unpaired) electrons. The van der Waals surface area contributed by atoms with Gasteiger partial charge in [-0.15, -0.1) is 0 Å². The average molecular weight is 284 g/mol. The predicted octanol–water partition coefficient (Wildman–Crippen LogP) is 3.77. The summed E-state index contributed by atoms with van der Waals surface area (Å²) in [4.78, 5) is 0. The van der Waals surface area contributed by atoms with Crippen molar-refractivity contribution in [2.75, 3.05) is 6.54 Å². The van der Waals surface area contributed by atoms with Gasteiger partial charge in [0.05, 0.1) is 0 Å². The van der Waals surface area contributed by atoms with Crippen molar-refractivity contribution < 1.29 is 5.11 Å². The monoisotopic (exact) mass is 283 g/mol. The van der Waals surface area contributed by atoms with E-state index >= 15 is 0 Å². The third kappa shape index (κ3) is 3.65. The molecular weight excluding hydrogens is 266 g/mol. The molecule has 0 bridgehead atoms. The molecule has 1 unspecified atom stereocenters. The number of rotatable bonds is 5. The Morgan fingerprint density at radius 1 is 1.56 bits per heavy atom. The summed E-state index contributed by atoms with van der Waals surface area (Å²) >= 11 is 3.42. The number of hydrogen-bond acceptors (Lipinski definition) is 2. The summed E-state index contributed by atoms with van der Waals surface area (Å²) in [5.41, 5.74) is 2.02. The van der Waals surface area contributed by atoms with Crippen LogP contribution in [0.15, 0.2) is 34.8 Å². The fraction of sp³-hybridized carbons (Fsp3) is 0.385. The fourth-order valence-electron chi connectivity index (χ4n) is 1.58. The van der Waals surface area contributed by atoms with Gasteiger partial charge in [-0.05, 0) is 31.5 Å². The van der Waals surface area contributed by atoms with E-state index in [4.69, 9.17) is 0 Å². The average Bonchev–Trinajstić information content (AvgIpc) is 2.23. The standard InChI is InChI=1S/C13H18BrNO/c1-4-12(15-8-9(2)3)11-7-10(14)5-6-13(11)16/h5-7,12,15-16H,2,4,8H2,1,3H3. The first-order valence-electron chi connectivity index (χ1n) is 5.40. The van der Waals surface area contributed by atoms with Crippen LogP contribution in [0.5, 0.6) is 5.75 Å². The van der Waals surface area contributed by atoms with E-state index in [1.54, 1.807) is 6.07 Å². The van der Waals surface area contributed by atoms with Gasteiger partial charge in [0.15, 0.2) is 0 Å². The van der Waals surface area contributed by atoms with Crippen LogP contribution in [0, 0.1) is 0 Å². The topological polar surface area (TPSA) is 32.3 Å². The zero-order chi connectivity index (χ0) is 12.1. The molecule has 0 spiro atoms. The van der Waals surface area contributed by atoms with E-state index in [1.165, 1.54) is 0 Å². The van der Waals surface area contributed by atoms with Crippen LogP contribution >= 0.6 is 15.9 Å². The second kappa shape index (κ2) is 6.06. The number of benzene rings is 1. The lowest BCUT2D eigenvalue weighted by Crippen LogP contribution is -2.22. The molecule has 2 nitrogen and oxygen atoms in total. The molecule has 0 saturated heterocycles. The molecule has 0 fully saturated rings. The van der Waals surface area contributed by atoms with Crippen molar-refractivity contribution in [3.63, 3.8) is 0 Å². The first-order valence-corrected chi connectivity index (χ1v) is 6.20. The van der Waals surface area contributed by atoms with E-state index < -0.39 is 0 Å². The normalized spacial score (nSPS) is 12.4. The lowest BCUT2D eigenvalue weighted by atomic mass is 10.0. The lowest BCUT2D eigenvalue weighted by molar-refractivity contribution is 0.446. The smallest absolute Gasteiger partial charge is 0.120 e. The minimum Gasteiger partial charge on any atom is -0.508 e. The summed E-state index contributed by atoms with van der Waals surface area (Å²) in [7, 11) is 0. The van der Waals surface area contributed by atoms with E-state index in [0.717, 1.165) is 28.6 Å². The van der Waals surface area contributed by atoms with E-state index in [0.29, 0.717) is 5.75 Å². The zero-order valence-corrected chi connectivity index (χ0v) is 11.3. The van der Waals surface area contributed by atoms with Gasteiger partial charge in [-0.3, -0.25) is 0 Å². The van der Waals surface area contributed by atoms with Crippen LogP contribution in [0.2, 0.25) is 0 Å². The van der Waals surface area contributed by atoms with Gasteiger partial charge in [0, 0.05) is 22.6 Å². The number of halogens is 1. The Kier molecular flexibility index (Phi) is 5.03. The van der Waals surface area contributed by atoms with Crippen molar-refractivity contribution in [3.8, 4) is 5.75 Å². The second-order valence-electron chi connectivity index (χ2n) is 4.00. The largest absolute Gasteiger partial charge is 0.508 e. The van der Waals surface area contributed by atoms with Gasteiger partial charge in [0.25, 0.3) is 0 Å². The molecule has 0 saturated carbocycles. The van der Waals surface area contributed by atoms with Gasteiger partial charge in [0.1, 0.15) is 5.75 Å². The van der Waals surface area contributed by atoms with Crippen molar-refractivity contribution in [2.24, 2.45) is 0 Å². The van der Waals surface area contributed by atoms with Gasteiger partial charge in [-0.1, -0.05) is 35.0 Å². The molecule has 0 aliphatic heterocycles. The summed E-state index contributed by atoms with van der Waals surface area (Å²) < 4.78 is 0.982. The highest BCUT2D eigenvalue weighted by molar-refractivity contribution is 9.10. The Labute approximate surface area is 106 Å². The molecule has 0 aliphatic carbocycles. The molecule has 16 heavy (non-hydrogen) atoms. The maximum absolute atomic E-state index is 9.82. The zero-order valence-electron chi connectivity index (χ0n) is 9.76. The molecule has 0 aromatic heterocycles. The Morgan fingerprint density at radius 3 is 2.81 bits per heavy atom. The first-order chi connectivity index (χ1) is 7.54. The molecule has 3 heteroatoms. The van der Waals surface area contributed by atoms with Crippen LogP contribution in [0.4, 0.5) is 0 Å². The molecule has 2 N–H and O–H groups in total. The lowest BCUT2D eigenvalue weighted by Gasteiger charge is -2.19. The summed E-state index contributed by atoms with van der Waals surface area (Å²) in [5, 5.41) is 13.2. The van der Waals surface area contributed by atoms with E-state index in [9.17, 15) is 5.11 Å². The molecule has 0 amide bonds. The van der Waals surface area contributed by atoms with Gasteiger partial charge >= 0.3 is 0 Å². The summed E-state index contributed by atoms with van der Waals surface area (Å²) in [5.74, 6) is 0.337. The quantitative estimate of drug-likeness (QED) is 0.807. The number of nitrogens with one attached hydrogen (secondary N) is 1. The van der Waals surface area contributed by atoms with Crippen LogP contribution < -0.4 is 5.32 Å². The first kappa shape index (κ1) is 13.3. The van der Waals surface area contributed by atoms with E-state index in [-0.39, 0.29) is 6.04 Å². The molecule has 0 heterocycles. The van der Waals surface area contributed by atoms with Crippen molar-refractivity contribution in [1.82, 2.24) is 5.32 Å². The van der Waals surface area contributed by atoms with Gasteiger partial charge in [-0.2, -0.15) is 0 Å². The number of aromatic hydroxyl groups is 1. The van der Waals surface area contributed by atoms with Crippen LogP contribution in [-0.2, 0) is 0 Å². The SMILES string of the molecule is C=C(C)CNC(CC)c1cc(Br)ccc1O. The van der Waals surface area contributed by atoms with Gasteiger partial charge < -0.3 is 10.4 Å². The molecule has 88 valence electrons. The molecule has 1 aromatic carbocycles. The predicted molar refractivity (Wildman–Crippen MR) is 71.7 cm³/mol.